The van der Waals surface area contributed by atoms with Crippen molar-refractivity contribution in [3.63, 3.8) is 0 Å². The standard InChI is InChI=1S/C18H25N5O3S.C4H8.2C2H6.C2H4/c1-5-8-12(26-6-2)11-19-16-17(22-27-21-16)20-14-10-7-9-13(15(14)24)18(25)23(3)4;1-4-2-3-4;3*1-2/h7-10,24H,5-6,11H2,1-4H3,(H,19,21)(H,20,22);4H,2-3H2,1H3;2*1-2H3;1-2H2/b12-8-;;;;. The number of aromatic nitrogens is 2. The number of carbonyl (C=O) groups is 1. The maximum Gasteiger partial charge on any atom is 0.257 e. The second-order valence-electron chi connectivity index (χ2n) is 7.54. The lowest BCUT2D eigenvalue weighted by molar-refractivity contribution is 0.0824. The number of allylic oxidation sites excluding steroid dienone is 1. The van der Waals surface area contributed by atoms with Gasteiger partial charge in [0.15, 0.2) is 17.4 Å². The van der Waals surface area contributed by atoms with E-state index in [4.69, 9.17) is 4.74 Å². The Morgan fingerprint density at radius 1 is 1.16 bits per heavy atom. The van der Waals surface area contributed by atoms with Gasteiger partial charge >= 0.3 is 0 Å². The molecule has 3 N–H and O–H groups in total. The van der Waals surface area contributed by atoms with Crippen LogP contribution in [-0.2, 0) is 4.74 Å². The van der Waals surface area contributed by atoms with Gasteiger partial charge in [-0.05, 0) is 37.5 Å². The van der Waals surface area contributed by atoms with E-state index in [9.17, 15) is 9.90 Å². The minimum atomic E-state index is -0.281. The molecule has 0 spiro atoms. The van der Waals surface area contributed by atoms with Crippen LogP contribution in [0.5, 0.6) is 5.75 Å². The fourth-order valence-corrected chi connectivity index (χ4v) is 2.99. The Labute approximate surface area is 229 Å². The Morgan fingerprint density at radius 3 is 2.22 bits per heavy atom. The highest BCUT2D eigenvalue weighted by Crippen LogP contribution is 2.32. The van der Waals surface area contributed by atoms with Crippen LogP contribution in [0.15, 0.2) is 43.2 Å². The smallest absolute Gasteiger partial charge is 0.257 e. The SMILES string of the molecule is C=C.CC.CC.CC/C=C(/CNc1nsnc1Nc1cccc(C(=O)N(C)C)c1O)OCC.CC1CC1. The predicted molar refractivity (Wildman–Crippen MR) is 160 cm³/mol. The van der Waals surface area contributed by atoms with Gasteiger partial charge in [-0.1, -0.05) is 60.5 Å². The summed E-state index contributed by atoms with van der Waals surface area (Å²) in [6.45, 7) is 21.3. The van der Waals surface area contributed by atoms with Crippen molar-refractivity contribution in [2.24, 2.45) is 5.92 Å². The van der Waals surface area contributed by atoms with E-state index in [1.807, 2.05) is 47.6 Å². The third-order valence-electron chi connectivity index (χ3n) is 4.47. The molecule has 0 saturated heterocycles. The van der Waals surface area contributed by atoms with Crippen LogP contribution in [0.25, 0.3) is 0 Å². The maximum absolute atomic E-state index is 12.2. The molecule has 3 rings (SSSR count). The van der Waals surface area contributed by atoms with Crippen LogP contribution < -0.4 is 10.6 Å². The number of ether oxygens (including phenoxy) is 1. The zero-order valence-corrected chi connectivity index (χ0v) is 25.2. The van der Waals surface area contributed by atoms with E-state index < -0.39 is 0 Å². The minimum absolute atomic E-state index is 0.129. The summed E-state index contributed by atoms with van der Waals surface area (Å²) in [4.78, 5) is 13.6. The van der Waals surface area contributed by atoms with Gasteiger partial charge in [-0.2, -0.15) is 8.75 Å². The number of phenolic OH excluding ortho intramolecular Hbond substituents is 1. The highest BCUT2D eigenvalue weighted by atomic mass is 32.1. The van der Waals surface area contributed by atoms with Gasteiger partial charge in [0, 0.05) is 14.1 Å². The van der Waals surface area contributed by atoms with Gasteiger partial charge in [-0.25, -0.2) is 0 Å². The second-order valence-corrected chi connectivity index (χ2v) is 8.06. The molecule has 37 heavy (non-hydrogen) atoms. The number of aromatic hydroxyl groups is 1. The third-order valence-corrected chi connectivity index (χ3v) is 5.00. The van der Waals surface area contributed by atoms with Crippen molar-refractivity contribution in [1.82, 2.24) is 13.6 Å². The molecule has 1 fully saturated rings. The number of phenols is 1. The summed E-state index contributed by atoms with van der Waals surface area (Å²) >= 11 is 1.04. The Morgan fingerprint density at radius 2 is 1.73 bits per heavy atom. The lowest BCUT2D eigenvalue weighted by Crippen LogP contribution is -2.21. The molecule has 0 bridgehead atoms. The van der Waals surface area contributed by atoms with E-state index >= 15 is 0 Å². The first-order chi connectivity index (χ1) is 17.9. The summed E-state index contributed by atoms with van der Waals surface area (Å²) in [5.74, 6) is 2.52. The maximum atomic E-state index is 12.2. The molecule has 2 aromatic rings. The molecule has 0 radical (unpaired) electrons. The average Bonchev–Trinajstić information content (AvgIpc) is 3.58. The molecule has 0 atom stereocenters. The number of hydrogen-bond acceptors (Lipinski definition) is 8. The van der Waals surface area contributed by atoms with Crippen LogP contribution >= 0.6 is 11.7 Å². The summed E-state index contributed by atoms with van der Waals surface area (Å²) in [5, 5.41) is 16.7. The monoisotopic (exact) mass is 535 g/mol. The number of nitrogens with one attached hydrogen (secondary N) is 2. The molecule has 1 aromatic heterocycles. The number of nitrogens with zero attached hydrogens (tertiary/aromatic N) is 3. The van der Waals surface area contributed by atoms with Gasteiger partial charge in [0.1, 0.15) is 5.76 Å². The van der Waals surface area contributed by atoms with Crippen molar-refractivity contribution >= 4 is 35.0 Å². The first kappa shape index (κ1) is 36.1. The summed E-state index contributed by atoms with van der Waals surface area (Å²) in [7, 11) is 3.27. The normalized spacial score (nSPS) is 11.4. The van der Waals surface area contributed by atoms with Crippen molar-refractivity contribution in [2.75, 3.05) is 37.9 Å². The minimum Gasteiger partial charge on any atom is -0.505 e. The molecule has 8 nitrogen and oxygen atoms in total. The van der Waals surface area contributed by atoms with Crippen LogP contribution in [0.2, 0.25) is 0 Å². The van der Waals surface area contributed by atoms with Crippen molar-refractivity contribution in [1.29, 1.82) is 0 Å². The molecule has 1 aliphatic rings. The number of para-hydroxylation sites is 1. The molecule has 0 aliphatic heterocycles. The highest BCUT2D eigenvalue weighted by molar-refractivity contribution is 6.99. The van der Waals surface area contributed by atoms with Crippen LogP contribution in [0.3, 0.4) is 0 Å². The Kier molecular flexibility index (Phi) is 21.6. The van der Waals surface area contributed by atoms with Gasteiger partial charge in [0.25, 0.3) is 5.91 Å². The Balaban J connectivity index is 0. The highest BCUT2D eigenvalue weighted by Gasteiger charge is 2.18. The number of hydrogen-bond donors (Lipinski definition) is 3. The summed E-state index contributed by atoms with van der Waals surface area (Å²) in [5.41, 5.74) is 0.597. The number of benzene rings is 1. The Bertz CT molecular complexity index is 896. The molecule has 210 valence electrons. The molecule has 1 amide bonds. The quantitative estimate of drug-likeness (QED) is 0.172. The fraction of sp³-hybridized carbons (Fsp3) is 0.536. The van der Waals surface area contributed by atoms with Crippen molar-refractivity contribution in [2.45, 2.75) is 67.7 Å². The Hall–Kier alpha value is -3.07. The van der Waals surface area contributed by atoms with Crippen molar-refractivity contribution in [3.05, 3.63) is 48.8 Å². The number of anilines is 3. The summed E-state index contributed by atoms with van der Waals surface area (Å²) in [6, 6.07) is 4.95. The molecule has 1 saturated carbocycles. The van der Waals surface area contributed by atoms with Gasteiger partial charge in [-0.3, -0.25) is 4.79 Å². The van der Waals surface area contributed by atoms with E-state index in [1.165, 1.54) is 17.7 Å². The molecule has 1 aliphatic carbocycles. The lowest BCUT2D eigenvalue weighted by atomic mass is 10.1. The third kappa shape index (κ3) is 14.3. The molecule has 1 aromatic carbocycles. The predicted octanol–water partition coefficient (Wildman–Crippen LogP) is 7.70. The largest absolute Gasteiger partial charge is 0.505 e. The number of rotatable bonds is 9. The van der Waals surface area contributed by atoms with E-state index in [0.29, 0.717) is 30.5 Å². The van der Waals surface area contributed by atoms with Crippen molar-refractivity contribution in [3.8, 4) is 5.75 Å². The molecule has 1 heterocycles. The van der Waals surface area contributed by atoms with Crippen LogP contribution in [0.1, 0.15) is 78.1 Å². The zero-order chi connectivity index (χ0) is 28.8. The van der Waals surface area contributed by atoms with Crippen molar-refractivity contribution < 1.29 is 14.6 Å². The van der Waals surface area contributed by atoms with Gasteiger partial charge in [0.05, 0.1) is 36.1 Å². The molecule has 0 unspecified atom stereocenters. The van der Waals surface area contributed by atoms with Crippen LogP contribution in [0, 0.1) is 5.92 Å². The molecule has 9 heteroatoms. The topological polar surface area (TPSA) is 99.6 Å². The van der Waals surface area contributed by atoms with E-state index in [2.05, 4.69) is 39.5 Å². The lowest BCUT2D eigenvalue weighted by Gasteiger charge is -2.14. The van der Waals surface area contributed by atoms with Gasteiger partial charge < -0.3 is 25.4 Å². The second kappa shape index (κ2) is 22.2. The van der Waals surface area contributed by atoms with Gasteiger partial charge in [-0.15, -0.1) is 13.2 Å². The van der Waals surface area contributed by atoms with E-state index in [1.54, 1.807) is 32.3 Å². The van der Waals surface area contributed by atoms with E-state index in [0.717, 1.165) is 29.8 Å². The first-order valence-corrected chi connectivity index (χ1v) is 13.8. The molecular formula is C28H49N5O3S. The number of amides is 1. The van der Waals surface area contributed by atoms with Crippen LogP contribution in [-0.4, -0.2) is 51.9 Å². The fourth-order valence-electron chi connectivity index (χ4n) is 2.50. The first-order valence-electron chi connectivity index (χ1n) is 13.1. The van der Waals surface area contributed by atoms with Crippen LogP contribution in [0.4, 0.5) is 17.3 Å². The van der Waals surface area contributed by atoms with E-state index in [-0.39, 0.29) is 17.2 Å². The summed E-state index contributed by atoms with van der Waals surface area (Å²) < 4.78 is 14.0. The summed E-state index contributed by atoms with van der Waals surface area (Å²) in [6.07, 6.45) is 5.85. The zero-order valence-electron chi connectivity index (χ0n) is 24.4. The van der Waals surface area contributed by atoms with Gasteiger partial charge in [0.2, 0.25) is 0 Å². The number of carbonyl (C=O) groups excluding carboxylic acids is 1. The molecular weight excluding hydrogens is 486 g/mol. The average molecular weight is 536 g/mol.